The Morgan fingerprint density at radius 3 is 2.67 bits per heavy atom. The van der Waals surface area contributed by atoms with Crippen LogP contribution < -0.4 is 16.4 Å². The average molecular weight is 550 g/mol. The standard InChI is InChI=1S/C29H43N9O2/c30-28-31-14-13-25(34-28)33-26-18-24(35-36-26)19-11-12-23(16-19)38(21-7-2-1-3-8-21)29(40)32-20-6-4-9-22(17-20)37-15-5-10-27(37)39/h13-14,18-23H,1-12,15-17H2,(H,32,40)(H4,30,31,33,34,35,36)/t19?,20?,22-,23?/m0/s1. The van der Waals surface area contributed by atoms with Crippen LogP contribution in [0.4, 0.5) is 22.4 Å². The molecule has 3 saturated carbocycles. The van der Waals surface area contributed by atoms with Crippen molar-refractivity contribution in [2.45, 2.75) is 120 Å². The number of urea groups is 1. The zero-order valence-corrected chi connectivity index (χ0v) is 23.4. The first kappa shape index (κ1) is 26.8. The Balaban J connectivity index is 1.10. The first-order valence-electron chi connectivity index (χ1n) is 15.3. The molecule has 216 valence electrons. The number of hydrogen-bond acceptors (Lipinski definition) is 7. The van der Waals surface area contributed by atoms with Crippen LogP contribution >= 0.6 is 0 Å². The molecule has 3 amide bonds. The van der Waals surface area contributed by atoms with E-state index in [-0.39, 0.29) is 36.0 Å². The maximum Gasteiger partial charge on any atom is 0.318 e. The van der Waals surface area contributed by atoms with Gasteiger partial charge in [0.2, 0.25) is 11.9 Å². The van der Waals surface area contributed by atoms with E-state index < -0.39 is 0 Å². The van der Waals surface area contributed by atoms with Crippen LogP contribution in [0.2, 0.25) is 0 Å². The number of carbonyl (C=O) groups excluding carboxylic acids is 2. The highest BCUT2D eigenvalue weighted by atomic mass is 16.2. The fourth-order valence-electron chi connectivity index (χ4n) is 7.55. The molecule has 3 heterocycles. The quantitative estimate of drug-likeness (QED) is 0.399. The molecule has 11 heteroatoms. The van der Waals surface area contributed by atoms with Gasteiger partial charge in [-0.2, -0.15) is 10.1 Å². The highest BCUT2D eigenvalue weighted by Gasteiger charge is 2.39. The normalized spacial score (nSPS) is 27.6. The minimum Gasteiger partial charge on any atom is -0.368 e. The topological polar surface area (TPSA) is 145 Å². The van der Waals surface area contributed by atoms with E-state index in [1.54, 1.807) is 12.3 Å². The first-order chi connectivity index (χ1) is 19.5. The Morgan fingerprint density at radius 2 is 1.88 bits per heavy atom. The van der Waals surface area contributed by atoms with Gasteiger partial charge in [-0.25, -0.2) is 9.78 Å². The van der Waals surface area contributed by atoms with Gasteiger partial charge in [0.15, 0.2) is 5.82 Å². The summed E-state index contributed by atoms with van der Waals surface area (Å²) in [5.74, 6) is 2.13. The van der Waals surface area contributed by atoms with Gasteiger partial charge in [-0.15, -0.1) is 0 Å². The van der Waals surface area contributed by atoms with Crippen LogP contribution in [-0.2, 0) is 4.79 Å². The number of anilines is 3. The lowest BCUT2D eigenvalue weighted by Gasteiger charge is -2.41. The van der Waals surface area contributed by atoms with E-state index in [4.69, 9.17) is 5.73 Å². The summed E-state index contributed by atoms with van der Waals surface area (Å²) in [5.41, 5.74) is 6.79. The molecule has 2 aromatic rings. The number of nitrogen functional groups attached to an aromatic ring is 1. The molecule has 1 saturated heterocycles. The third-order valence-electron chi connectivity index (χ3n) is 9.49. The van der Waals surface area contributed by atoms with Crippen molar-refractivity contribution in [3.05, 3.63) is 24.0 Å². The molecule has 4 aliphatic rings. The summed E-state index contributed by atoms with van der Waals surface area (Å²) >= 11 is 0. The van der Waals surface area contributed by atoms with Crippen LogP contribution in [0, 0.1) is 0 Å². The molecule has 1 aliphatic heterocycles. The van der Waals surface area contributed by atoms with Crippen LogP contribution in [0.3, 0.4) is 0 Å². The van der Waals surface area contributed by atoms with E-state index in [9.17, 15) is 9.59 Å². The van der Waals surface area contributed by atoms with Gasteiger partial charge in [-0.05, 0) is 70.3 Å². The molecule has 4 atom stereocenters. The highest BCUT2D eigenvalue weighted by Crippen LogP contribution is 2.39. The fraction of sp³-hybridized carbons (Fsp3) is 0.690. The molecule has 40 heavy (non-hydrogen) atoms. The van der Waals surface area contributed by atoms with Crippen LogP contribution in [0.25, 0.3) is 0 Å². The third kappa shape index (κ3) is 6.02. The van der Waals surface area contributed by atoms with Crippen molar-refractivity contribution in [2.24, 2.45) is 0 Å². The molecule has 11 nitrogen and oxygen atoms in total. The molecule has 3 aliphatic carbocycles. The molecule has 2 aromatic heterocycles. The highest BCUT2D eigenvalue weighted by molar-refractivity contribution is 5.78. The van der Waals surface area contributed by atoms with E-state index in [0.29, 0.717) is 30.0 Å². The number of nitrogens with two attached hydrogens (primary N) is 1. The lowest BCUT2D eigenvalue weighted by Crippen LogP contribution is -2.55. The summed E-state index contributed by atoms with van der Waals surface area (Å²) in [6, 6.07) is 4.83. The summed E-state index contributed by atoms with van der Waals surface area (Å²) in [7, 11) is 0. The number of nitrogens with one attached hydrogen (secondary N) is 3. The minimum atomic E-state index is 0.101. The summed E-state index contributed by atoms with van der Waals surface area (Å²) in [6.45, 7) is 0.875. The van der Waals surface area contributed by atoms with Gasteiger partial charge >= 0.3 is 6.03 Å². The van der Waals surface area contributed by atoms with E-state index in [0.717, 1.165) is 76.4 Å². The molecule has 5 N–H and O–H groups in total. The summed E-state index contributed by atoms with van der Waals surface area (Å²) in [5, 5.41) is 14.3. The van der Waals surface area contributed by atoms with E-state index >= 15 is 0 Å². The van der Waals surface area contributed by atoms with Gasteiger partial charge in [-0.1, -0.05) is 19.3 Å². The van der Waals surface area contributed by atoms with Crippen molar-refractivity contribution in [2.75, 3.05) is 17.6 Å². The lowest BCUT2D eigenvalue weighted by atomic mass is 9.89. The van der Waals surface area contributed by atoms with Crippen molar-refractivity contribution < 1.29 is 9.59 Å². The monoisotopic (exact) mass is 549 g/mol. The molecular weight excluding hydrogens is 506 g/mol. The average Bonchev–Trinajstić information content (AvgIpc) is 3.71. The van der Waals surface area contributed by atoms with Gasteiger partial charge in [0.05, 0.1) is 0 Å². The third-order valence-corrected chi connectivity index (χ3v) is 9.49. The Morgan fingerprint density at radius 1 is 1.00 bits per heavy atom. The van der Waals surface area contributed by atoms with Crippen LogP contribution in [-0.4, -0.2) is 72.6 Å². The maximum atomic E-state index is 13.9. The molecular formula is C29H43N9O2. The van der Waals surface area contributed by atoms with Crippen molar-refractivity contribution in [3.8, 4) is 0 Å². The summed E-state index contributed by atoms with van der Waals surface area (Å²) in [4.78, 5) is 38.7. The number of aromatic nitrogens is 4. The number of likely N-dealkylation sites (tertiary alicyclic amines) is 1. The maximum absolute atomic E-state index is 13.9. The fourth-order valence-corrected chi connectivity index (χ4v) is 7.55. The predicted molar refractivity (Wildman–Crippen MR) is 153 cm³/mol. The minimum absolute atomic E-state index is 0.101. The second kappa shape index (κ2) is 12.0. The Kier molecular flexibility index (Phi) is 8.06. The van der Waals surface area contributed by atoms with Gasteiger partial charge in [0.25, 0.3) is 0 Å². The number of aromatic amines is 1. The predicted octanol–water partition coefficient (Wildman–Crippen LogP) is 4.44. The second-order valence-corrected chi connectivity index (χ2v) is 12.2. The molecule has 6 rings (SSSR count). The van der Waals surface area contributed by atoms with E-state index in [1.807, 2.05) is 6.07 Å². The molecule has 0 spiro atoms. The zero-order chi connectivity index (χ0) is 27.5. The molecule has 3 unspecified atom stereocenters. The van der Waals surface area contributed by atoms with Gasteiger partial charge in [-0.3, -0.25) is 9.89 Å². The van der Waals surface area contributed by atoms with Crippen LogP contribution in [0.15, 0.2) is 18.3 Å². The molecule has 0 bridgehead atoms. The molecule has 0 radical (unpaired) electrons. The van der Waals surface area contributed by atoms with Crippen LogP contribution in [0.5, 0.6) is 0 Å². The summed E-state index contributed by atoms with van der Waals surface area (Å²) in [6.07, 6.45) is 16.0. The smallest absolute Gasteiger partial charge is 0.318 e. The largest absolute Gasteiger partial charge is 0.368 e. The number of rotatable bonds is 7. The Hall–Kier alpha value is -3.37. The second-order valence-electron chi connectivity index (χ2n) is 12.2. The van der Waals surface area contributed by atoms with Crippen molar-refractivity contribution in [1.29, 1.82) is 0 Å². The lowest BCUT2D eigenvalue weighted by molar-refractivity contribution is -0.130. The Bertz CT molecular complexity index is 1180. The van der Waals surface area contributed by atoms with E-state index in [2.05, 4.69) is 40.6 Å². The number of nitrogens with zero attached hydrogens (tertiary/aromatic N) is 5. The Labute approximate surface area is 236 Å². The van der Waals surface area contributed by atoms with Crippen molar-refractivity contribution in [3.63, 3.8) is 0 Å². The summed E-state index contributed by atoms with van der Waals surface area (Å²) < 4.78 is 0. The van der Waals surface area contributed by atoms with Crippen molar-refractivity contribution >= 4 is 29.5 Å². The van der Waals surface area contributed by atoms with Crippen molar-refractivity contribution in [1.82, 2.24) is 35.3 Å². The van der Waals surface area contributed by atoms with Crippen LogP contribution in [0.1, 0.15) is 102 Å². The molecule has 4 fully saturated rings. The number of H-pyrrole nitrogens is 1. The van der Waals surface area contributed by atoms with Gasteiger partial charge < -0.3 is 26.2 Å². The zero-order valence-electron chi connectivity index (χ0n) is 23.4. The number of hydrogen-bond donors (Lipinski definition) is 4. The van der Waals surface area contributed by atoms with Gasteiger partial charge in [0, 0.05) is 61.0 Å². The van der Waals surface area contributed by atoms with Gasteiger partial charge in [0.1, 0.15) is 5.82 Å². The van der Waals surface area contributed by atoms with E-state index in [1.165, 1.54) is 19.3 Å². The number of amides is 3. The molecule has 0 aromatic carbocycles. The SMILES string of the molecule is Nc1nccc(Nc2cc(C3CCC(N(C(=O)NC4CCC[C@H](N5CCCC5=O)C4)C4CCCCC4)C3)[nH]n2)n1. The number of carbonyl (C=O) groups is 2. The first-order valence-corrected chi connectivity index (χ1v) is 15.3.